The van der Waals surface area contributed by atoms with Gasteiger partial charge in [0, 0.05) is 11.1 Å². The SMILES string of the molecule is [S-]C([S-])=C(c1ccc(C(=C(S)S)[P+](c2ccccc2)(c2ccccc2)c2ccccc2)cc1)[P+](c1ccccc1)(c1ccccc1)c1ccccc1. The molecule has 254 valence electrons. The molecule has 0 aliphatic carbocycles. The second-order valence-corrected chi connectivity index (χ2v) is 21.2. The molecule has 7 rings (SSSR count). The first-order chi connectivity index (χ1) is 25.5. The molecular weight excluding hydrogens is 743 g/mol. The van der Waals surface area contributed by atoms with E-state index < -0.39 is 14.5 Å². The van der Waals surface area contributed by atoms with Crippen LogP contribution in [0.2, 0.25) is 0 Å². The molecule has 52 heavy (non-hydrogen) atoms. The van der Waals surface area contributed by atoms with Crippen LogP contribution in [0.25, 0.3) is 10.6 Å². The maximum absolute atomic E-state index is 6.10. The molecule has 0 N–H and O–H groups in total. The first-order valence-corrected chi connectivity index (χ1v) is 22.2. The normalized spacial score (nSPS) is 11.4. The van der Waals surface area contributed by atoms with Crippen molar-refractivity contribution in [3.63, 3.8) is 0 Å². The Morgan fingerprint density at radius 1 is 0.308 bits per heavy atom. The molecule has 0 saturated heterocycles. The Morgan fingerprint density at radius 3 is 0.731 bits per heavy atom. The molecule has 7 aromatic carbocycles. The molecule has 0 unspecified atom stereocenters. The molecule has 0 bridgehead atoms. The van der Waals surface area contributed by atoms with Gasteiger partial charge in [-0.05, 0) is 72.8 Å². The van der Waals surface area contributed by atoms with Gasteiger partial charge < -0.3 is 25.3 Å². The van der Waals surface area contributed by atoms with Crippen LogP contribution in [0, 0.1) is 0 Å². The molecule has 0 atom stereocenters. The Bertz CT molecular complexity index is 1930. The maximum atomic E-state index is 6.10. The summed E-state index contributed by atoms with van der Waals surface area (Å²) < 4.78 is 1.15. The Morgan fingerprint density at radius 2 is 0.519 bits per heavy atom. The highest BCUT2D eigenvalue weighted by atomic mass is 32.2. The molecule has 0 nitrogen and oxygen atoms in total. The van der Waals surface area contributed by atoms with Crippen LogP contribution in [-0.4, -0.2) is 0 Å². The number of benzene rings is 7. The molecule has 0 aliphatic rings. The lowest BCUT2D eigenvalue weighted by molar-refractivity contribution is 1.60. The van der Waals surface area contributed by atoms with Crippen molar-refractivity contribution in [1.29, 1.82) is 0 Å². The van der Waals surface area contributed by atoms with Crippen LogP contribution >= 0.6 is 39.8 Å². The van der Waals surface area contributed by atoms with Gasteiger partial charge in [-0.15, -0.1) is 25.3 Å². The summed E-state index contributed by atoms with van der Waals surface area (Å²) in [5.41, 5.74) is 2.06. The minimum absolute atomic E-state index is 0.470. The quantitative estimate of drug-likeness (QED) is 0.0807. The van der Waals surface area contributed by atoms with E-state index in [-0.39, 0.29) is 0 Å². The summed E-state index contributed by atoms with van der Waals surface area (Å²) in [5, 5.41) is 9.39. The lowest BCUT2D eigenvalue weighted by Crippen LogP contribution is -2.32. The molecule has 0 spiro atoms. The molecule has 0 aromatic heterocycles. The van der Waals surface area contributed by atoms with Gasteiger partial charge in [-0.3, -0.25) is 4.24 Å². The summed E-state index contributed by atoms with van der Waals surface area (Å²) >= 11 is 22.3. The van der Waals surface area contributed by atoms with Crippen LogP contribution in [0.3, 0.4) is 0 Å². The second kappa shape index (κ2) is 16.4. The van der Waals surface area contributed by atoms with Crippen LogP contribution in [-0.2, 0) is 25.3 Å². The highest BCUT2D eigenvalue weighted by Crippen LogP contribution is 2.69. The highest BCUT2D eigenvalue weighted by molar-refractivity contribution is 8.10. The fourth-order valence-electron chi connectivity index (χ4n) is 7.29. The highest BCUT2D eigenvalue weighted by Gasteiger charge is 2.52. The fourth-order valence-corrected chi connectivity index (χ4v) is 18.2. The van der Waals surface area contributed by atoms with Crippen LogP contribution in [0.4, 0.5) is 0 Å². The van der Waals surface area contributed by atoms with Crippen molar-refractivity contribution < 1.29 is 0 Å². The van der Waals surface area contributed by atoms with E-state index in [0.717, 1.165) is 21.8 Å². The zero-order valence-corrected chi connectivity index (χ0v) is 33.4. The van der Waals surface area contributed by atoms with Crippen LogP contribution in [0.15, 0.2) is 215 Å². The first-order valence-electron chi connectivity index (χ1n) is 16.9. The zero-order chi connectivity index (χ0) is 36.0. The predicted molar refractivity (Wildman–Crippen MR) is 243 cm³/mol. The molecule has 0 heterocycles. The molecule has 0 radical (unpaired) electrons. The average Bonchev–Trinajstić information content (AvgIpc) is 3.21. The number of rotatable bonds is 10. The van der Waals surface area contributed by atoms with Gasteiger partial charge in [-0.25, -0.2) is 0 Å². The van der Waals surface area contributed by atoms with Crippen molar-refractivity contribution in [2.45, 2.75) is 0 Å². The summed E-state index contributed by atoms with van der Waals surface area (Å²) in [6.45, 7) is 0. The Labute approximate surface area is 331 Å². The molecule has 7 aromatic rings. The Kier molecular flexibility index (Phi) is 11.4. The summed E-state index contributed by atoms with van der Waals surface area (Å²) in [5.74, 6) is 0. The third-order valence-corrected chi connectivity index (χ3v) is 19.6. The first kappa shape index (κ1) is 36.4. The average molecular weight is 779 g/mol. The molecule has 0 aliphatic heterocycles. The van der Waals surface area contributed by atoms with E-state index in [1.807, 2.05) is 0 Å². The predicted octanol–water partition coefficient (Wildman–Crippen LogP) is 9.88. The lowest BCUT2D eigenvalue weighted by Gasteiger charge is -2.36. The second-order valence-electron chi connectivity index (χ2n) is 12.2. The van der Waals surface area contributed by atoms with Crippen molar-refractivity contribution in [1.82, 2.24) is 0 Å². The number of hydrogen-bond donors (Lipinski definition) is 2. The van der Waals surface area contributed by atoms with Gasteiger partial charge in [0.1, 0.15) is 51.7 Å². The molecule has 0 amide bonds. The van der Waals surface area contributed by atoms with Crippen molar-refractivity contribution in [2.75, 3.05) is 0 Å². The van der Waals surface area contributed by atoms with E-state index in [1.54, 1.807) is 0 Å². The minimum Gasteiger partial charge on any atom is -0.804 e. The number of hydrogen-bond acceptors (Lipinski definition) is 4. The van der Waals surface area contributed by atoms with Crippen LogP contribution in [0.5, 0.6) is 0 Å². The lowest BCUT2D eigenvalue weighted by atomic mass is 10.1. The van der Waals surface area contributed by atoms with E-state index in [4.69, 9.17) is 50.5 Å². The summed E-state index contributed by atoms with van der Waals surface area (Å²) in [6, 6.07) is 73.5. The Balaban J connectivity index is 1.49. The van der Waals surface area contributed by atoms with Gasteiger partial charge in [0.25, 0.3) is 0 Å². The summed E-state index contributed by atoms with van der Waals surface area (Å²) in [4.78, 5) is 0. The standard InChI is InChI=1S/C46H36P2S4/c49-45(50)43(47(37-19-7-1-8-20-37,38-21-9-2-10-22-38)39-23-11-3-12-24-39)35-31-33-36(34-32-35)44(46(51)52)48(40-25-13-4-14-26-40,41-27-15-5-16-28-41)42-29-17-6-18-30-42/h1-34H,(H2-2,49,50,51,52). The van der Waals surface area contributed by atoms with Gasteiger partial charge in [-0.1, -0.05) is 133 Å². The van der Waals surface area contributed by atoms with Crippen LogP contribution in [0.1, 0.15) is 11.1 Å². The van der Waals surface area contributed by atoms with Gasteiger partial charge in [0.05, 0.1) is 9.55 Å². The van der Waals surface area contributed by atoms with E-state index in [9.17, 15) is 0 Å². The molecular formula is C46H36P2S4. The minimum atomic E-state index is -2.54. The van der Waals surface area contributed by atoms with Crippen molar-refractivity contribution in [2.24, 2.45) is 0 Å². The maximum Gasteiger partial charge on any atom is 0.146 e. The van der Waals surface area contributed by atoms with E-state index >= 15 is 0 Å². The topological polar surface area (TPSA) is 0 Å². The number of thiol groups is 2. The molecule has 0 fully saturated rings. The monoisotopic (exact) mass is 778 g/mol. The van der Waals surface area contributed by atoms with Gasteiger partial charge in [0.2, 0.25) is 0 Å². The fraction of sp³-hybridized carbons (Fsp3) is 0. The summed E-state index contributed by atoms with van der Waals surface area (Å²) in [7, 11) is -5.03. The van der Waals surface area contributed by atoms with E-state index in [1.165, 1.54) is 31.8 Å². The van der Waals surface area contributed by atoms with Crippen molar-refractivity contribution in [3.8, 4) is 0 Å². The largest absolute Gasteiger partial charge is 0.804 e. The zero-order valence-electron chi connectivity index (χ0n) is 28.2. The van der Waals surface area contributed by atoms with Crippen molar-refractivity contribution in [3.05, 3.63) is 226 Å². The van der Waals surface area contributed by atoms with Crippen molar-refractivity contribution >= 4 is 107 Å². The third-order valence-electron chi connectivity index (χ3n) is 9.37. The van der Waals surface area contributed by atoms with Gasteiger partial charge in [0.15, 0.2) is 0 Å². The Hall–Kier alpha value is -3.98. The summed E-state index contributed by atoms with van der Waals surface area (Å²) in [6.07, 6.45) is 0. The molecule has 0 saturated carbocycles. The van der Waals surface area contributed by atoms with Crippen LogP contribution < -0.4 is 31.8 Å². The van der Waals surface area contributed by atoms with E-state index in [0.29, 0.717) is 8.47 Å². The molecule has 6 heteroatoms. The van der Waals surface area contributed by atoms with Gasteiger partial charge >= 0.3 is 0 Å². The van der Waals surface area contributed by atoms with Gasteiger partial charge in [-0.2, -0.15) is 0 Å². The smallest absolute Gasteiger partial charge is 0.146 e. The third kappa shape index (κ3) is 6.70. The van der Waals surface area contributed by atoms with E-state index in [2.05, 4.69) is 206 Å².